The molecular weight excluding hydrogens is 637 g/mol. The molecule has 0 spiro atoms. The Morgan fingerprint density at radius 3 is 2.32 bits per heavy atom. The molecular formula is C32H23IrN2O2-. The molecule has 0 fully saturated rings. The fraction of sp³-hybridized carbons (Fsp3) is 0.0625. The normalized spacial score (nSPS) is 11.7. The molecule has 0 amide bonds. The quantitative estimate of drug-likeness (QED) is 0.117. The van der Waals surface area contributed by atoms with Crippen LogP contribution in [0.4, 0.5) is 0 Å². The minimum atomic E-state index is -0.125. The van der Waals surface area contributed by atoms with Gasteiger partial charge in [0.05, 0.1) is 16.8 Å². The Morgan fingerprint density at radius 2 is 1.57 bits per heavy atom. The third-order valence-corrected chi connectivity index (χ3v) is 6.48. The maximum atomic E-state index is 10.0. The first kappa shape index (κ1) is 24.6. The van der Waals surface area contributed by atoms with Gasteiger partial charge in [0.1, 0.15) is 0 Å². The fourth-order valence-corrected chi connectivity index (χ4v) is 5.13. The number of hydrogen-bond donors (Lipinski definition) is 1. The van der Waals surface area contributed by atoms with E-state index in [-0.39, 0.29) is 31.6 Å². The summed E-state index contributed by atoms with van der Waals surface area (Å²) in [4.78, 5) is 14.8. The van der Waals surface area contributed by atoms with Gasteiger partial charge in [-0.15, -0.1) is 23.8 Å². The van der Waals surface area contributed by atoms with Crippen LogP contribution in [-0.2, 0) is 24.9 Å². The second-order valence-corrected chi connectivity index (χ2v) is 8.98. The van der Waals surface area contributed by atoms with Gasteiger partial charge in [-0.3, -0.25) is 4.79 Å². The average molecular weight is 660 g/mol. The summed E-state index contributed by atoms with van der Waals surface area (Å²) in [6.07, 6.45) is 3.13. The van der Waals surface area contributed by atoms with Crippen molar-refractivity contribution in [3.05, 3.63) is 109 Å². The zero-order chi connectivity index (χ0) is 24.8. The van der Waals surface area contributed by atoms with E-state index >= 15 is 0 Å². The van der Waals surface area contributed by atoms with E-state index < -0.39 is 0 Å². The predicted molar refractivity (Wildman–Crippen MR) is 148 cm³/mol. The van der Waals surface area contributed by atoms with Gasteiger partial charge in [-0.05, 0) is 47.3 Å². The molecule has 37 heavy (non-hydrogen) atoms. The zero-order valence-corrected chi connectivity index (χ0v) is 22.7. The van der Waals surface area contributed by atoms with E-state index in [0.29, 0.717) is 0 Å². The van der Waals surface area contributed by atoms with Gasteiger partial charge < -0.3 is 14.5 Å². The van der Waals surface area contributed by atoms with Gasteiger partial charge in [-0.2, -0.15) is 0 Å². The first-order valence-electron chi connectivity index (χ1n) is 11.8. The second-order valence-electron chi connectivity index (χ2n) is 8.98. The Bertz CT molecular complexity index is 1950. The third kappa shape index (κ3) is 4.16. The summed E-state index contributed by atoms with van der Waals surface area (Å²) in [6, 6.07) is 33.5. The number of aromatic nitrogens is 2. The minimum Gasteiger partial charge on any atom is -0.512 e. The molecule has 183 valence electrons. The number of aliphatic hydroxyl groups excluding tert-OH is 1. The van der Waals surface area contributed by atoms with Gasteiger partial charge in [-0.25, -0.2) is 0 Å². The van der Waals surface area contributed by atoms with Crippen LogP contribution in [0.2, 0.25) is 0 Å². The number of hydrogen-bond acceptors (Lipinski definition) is 3. The summed E-state index contributed by atoms with van der Waals surface area (Å²) in [5, 5.41) is 15.8. The number of fused-ring (bicyclic) bond motifs is 7. The van der Waals surface area contributed by atoms with Crippen LogP contribution in [0.3, 0.4) is 0 Å². The number of allylic oxidation sites excluding steroid dienone is 2. The van der Waals surface area contributed by atoms with Crippen molar-refractivity contribution in [3.8, 4) is 11.3 Å². The van der Waals surface area contributed by atoms with Crippen molar-refractivity contribution in [1.29, 1.82) is 0 Å². The first-order valence-corrected chi connectivity index (χ1v) is 11.8. The largest absolute Gasteiger partial charge is 0.512 e. The van der Waals surface area contributed by atoms with E-state index in [1.165, 1.54) is 63.4 Å². The molecule has 0 aliphatic carbocycles. The molecule has 0 saturated carbocycles. The van der Waals surface area contributed by atoms with Crippen LogP contribution in [0.1, 0.15) is 13.8 Å². The SMILES string of the molecule is CC(=O)/C=C(/C)O.[Ir].[c-]1ccc2c(c1-c1cc3ccccc3cn1)c1cccc3c4ccccc4n2c31. The van der Waals surface area contributed by atoms with E-state index in [2.05, 4.69) is 89.3 Å². The minimum absolute atomic E-state index is 0. The van der Waals surface area contributed by atoms with Crippen LogP contribution in [0, 0.1) is 6.07 Å². The van der Waals surface area contributed by atoms with Crippen molar-refractivity contribution in [2.24, 2.45) is 0 Å². The molecule has 0 saturated heterocycles. The van der Waals surface area contributed by atoms with Crippen molar-refractivity contribution < 1.29 is 30.0 Å². The summed E-state index contributed by atoms with van der Waals surface area (Å²) < 4.78 is 2.40. The summed E-state index contributed by atoms with van der Waals surface area (Å²) in [6.45, 7) is 2.85. The molecule has 5 heteroatoms. The molecule has 4 aromatic carbocycles. The molecule has 0 bridgehead atoms. The molecule has 3 aromatic heterocycles. The van der Waals surface area contributed by atoms with Gasteiger partial charge in [0.25, 0.3) is 0 Å². The molecule has 0 atom stereocenters. The molecule has 0 unspecified atom stereocenters. The number of nitrogens with zero attached hydrogens (tertiary/aromatic N) is 2. The fourth-order valence-electron chi connectivity index (χ4n) is 5.13. The third-order valence-electron chi connectivity index (χ3n) is 6.48. The van der Waals surface area contributed by atoms with Crippen molar-refractivity contribution >= 4 is 54.7 Å². The van der Waals surface area contributed by atoms with E-state index in [1.54, 1.807) is 0 Å². The van der Waals surface area contributed by atoms with E-state index in [0.717, 1.165) is 16.6 Å². The van der Waals surface area contributed by atoms with Crippen LogP contribution in [0.25, 0.3) is 60.1 Å². The number of aliphatic hydroxyl groups is 1. The molecule has 1 radical (unpaired) electrons. The van der Waals surface area contributed by atoms with Crippen molar-refractivity contribution in [1.82, 2.24) is 9.38 Å². The van der Waals surface area contributed by atoms with Gasteiger partial charge in [0.2, 0.25) is 0 Å². The Balaban J connectivity index is 0.000000313. The maximum absolute atomic E-state index is 10.0. The summed E-state index contributed by atoms with van der Waals surface area (Å²) >= 11 is 0. The molecule has 7 rings (SSSR count). The van der Waals surface area contributed by atoms with Crippen LogP contribution in [0.15, 0.2) is 103 Å². The number of carbonyl (C=O) groups is 1. The van der Waals surface area contributed by atoms with Gasteiger partial charge in [0, 0.05) is 43.2 Å². The van der Waals surface area contributed by atoms with Crippen LogP contribution < -0.4 is 0 Å². The van der Waals surface area contributed by atoms with E-state index in [1.807, 2.05) is 12.3 Å². The molecule has 0 aliphatic rings. The van der Waals surface area contributed by atoms with Crippen LogP contribution >= 0.6 is 0 Å². The number of para-hydroxylation sites is 2. The Kier molecular flexibility index (Phi) is 6.51. The zero-order valence-electron chi connectivity index (χ0n) is 20.3. The maximum Gasteiger partial charge on any atom is 0.155 e. The number of carbonyl (C=O) groups excluding carboxylic acids is 1. The van der Waals surface area contributed by atoms with Crippen LogP contribution in [0.5, 0.6) is 0 Å². The first-order chi connectivity index (χ1) is 17.5. The monoisotopic (exact) mass is 660 g/mol. The Labute approximate surface area is 227 Å². The second kappa shape index (κ2) is 9.78. The topological polar surface area (TPSA) is 54.6 Å². The standard InChI is InChI=1S/C27H15N2.C5H8O2.Ir/c1-2-8-18-16-28-23(15-17(18)7-1)21-11-6-14-25-26(21)22-12-5-10-20-19-9-3-4-13-24(19)29(25)27(20)22;1-4(6)3-5(2)7;/h1-10,12-16H;3,6H,1-2H3;/q-1;;/b;4-3-;. The Hall–Kier alpha value is -4.05. The summed E-state index contributed by atoms with van der Waals surface area (Å²) in [5.74, 6) is -0.0625. The molecule has 7 aromatic rings. The smallest absolute Gasteiger partial charge is 0.155 e. The number of rotatable bonds is 2. The van der Waals surface area contributed by atoms with Gasteiger partial charge >= 0.3 is 0 Å². The molecule has 4 nitrogen and oxygen atoms in total. The van der Waals surface area contributed by atoms with Crippen molar-refractivity contribution in [2.45, 2.75) is 13.8 Å². The van der Waals surface area contributed by atoms with Gasteiger partial charge in [0.15, 0.2) is 5.78 Å². The van der Waals surface area contributed by atoms with Crippen molar-refractivity contribution in [3.63, 3.8) is 0 Å². The average Bonchev–Trinajstić information content (AvgIpc) is 3.40. The number of benzene rings is 4. The molecule has 1 N–H and O–H groups in total. The van der Waals surface area contributed by atoms with Crippen LogP contribution in [-0.4, -0.2) is 20.3 Å². The molecule has 3 heterocycles. The van der Waals surface area contributed by atoms with E-state index in [4.69, 9.17) is 10.1 Å². The summed E-state index contributed by atoms with van der Waals surface area (Å²) in [7, 11) is 0. The molecule has 0 aliphatic heterocycles. The predicted octanol–water partition coefficient (Wildman–Crippen LogP) is 7.89. The number of pyridine rings is 1. The summed E-state index contributed by atoms with van der Waals surface area (Å²) in [5.41, 5.74) is 5.77. The van der Waals surface area contributed by atoms with Gasteiger partial charge in [-0.1, -0.05) is 72.1 Å². The Morgan fingerprint density at radius 1 is 0.865 bits per heavy atom. The number of ketones is 1. The van der Waals surface area contributed by atoms with E-state index in [9.17, 15) is 4.79 Å². The van der Waals surface area contributed by atoms with Crippen molar-refractivity contribution in [2.75, 3.05) is 0 Å².